The highest BCUT2D eigenvalue weighted by molar-refractivity contribution is 5.69. The minimum Gasteiger partial charge on any atom is -0.466 e. The Labute approximate surface area is 79.4 Å². The first-order valence-electron chi connectivity index (χ1n) is 4.69. The minimum absolute atomic E-state index is 0.0852. The summed E-state index contributed by atoms with van der Waals surface area (Å²) in [6.07, 6.45) is 4.79. The number of allylic oxidation sites excluding steroid dienone is 1. The van der Waals surface area contributed by atoms with Gasteiger partial charge in [0.05, 0.1) is 19.1 Å². The summed E-state index contributed by atoms with van der Waals surface area (Å²) >= 11 is 0. The first-order chi connectivity index (χ1) is 6.20. The number of ether oxygens (including phenoxy) is 1. The summed E-state index contributed by atoms with van der Waals surface area (Å²) in [4.78, 5) is 10.9. The van der Waals surface area contributed by atoms with Crippen LogP contribution in [-0.2, 0) is 9.53 Å². The number of hydrogen-bond acceptors (Lipinski definition) is 3. The van der Waals surface area contributed by atoms with Crippen molar-refractivity contribution in [3.05, 3.63) is 12.2 Å². The Morgan fingerprint density at radius 2 is 2.15 bits per heavy atom. The van der Waals surface area contributed by atoms with E-state index in [4.69, 9.17) is 4.74 Å². The topological polar surface area (TPSA) is 46.5 Å². The first-order valence-corrected chi connectivity index (χ1v) is 4.69. The van der Waals surface area contributed by atoms with E-state index >= 15 is 0 Å². The zero-order valence-corrected chi connectivity index (χ0v) is 8.32. The van der Waals surface area contributed by atoms with Crippen LogP contribution in [0.2, 0.25) is 0 Å². The normalized spacial score (nSPS) is 13.2. The van der Waals surface area contributed by atoms with E-state index in [2.05, 4.69) is 0 Å². The number of hydrogen-bond donors (Lipinski definition) is 1. The summed E-state index contributed by atoms with van der Waals surface area (Å²) in [6.45, 7) is 4.14. The van der Waals surface area contributed by atoms with E-state index in [-0.39, 0.29) is 12.4 Å². The Balaban J connectivity index is 3.55. The van der Waals surface area contributed by atoms with Crippen LogP contribution in [0.3, 0.4) is 0 Å². The Bertz CT molecular complexity index is 164. The van der Waals surface area contributed by atoms with Crippen molar-refractivity contribution in [3.63, 3.8) is 0 Å². The van der Waals surface area contributed by atoms with Crippen LogP contribution in [0, 0.1) is 0 Å². The second kappa shape index (κ2) is 7.80. The van der Waals surface area contributed by atoms with Gasteiger partial charge in [-0.3, -0.25) is 4.79 Å². The summed E-state index contributed by atoms with van der Waals surface area (Å²) < 4.78 is 4.70. The van der Waals surface area contributed by atoms with Crippen LogP contribution in [0.25, 0.3) is 0 Å². The van der Waals surface area contributed by atoms with Crippen LogP contribution in [0.5, 0.6) is 0 Å². The molecule has 0 aliphatic rings. The molecular formula is C10H18O3. The van der Waals surface area contributed by atoms with Gasteiger partial charge in [-0.2, -0.15) is 0 Å². The third-order valence-electron chi connectivity index (χ3n) is 1.52. The smallest absolute Gasteiger partial charge is 0.308 e. The van der Waals surface area contributed by atoms with Gasteiger partial charge in [0.25, 0.3) is 0 Å². The average Bonchev–Trinajstić information content (AvgIpc) is 2.05. The average molecular weight is 186 g/mol. The van der Waals surface area contributed by atoms with Gasteiger partial charge in [0, 0.05) is 0 Å². The van der Waals surface area contributed by atoms with Crippen LogP contribution in [0.1, 0.15) is 33.1 Å². The quantitative estimate of drug-likeness (QED) is 0.507. The molecule has 0 aromatic heterocycles. The lowest BCUT2D eigenvalue weighted by Gasteiger charge is -2.06. The molecule has 0 aromatic rings. The molecule has 0 fully saturated rings. The summed E-state index contributed by atoms with van der Waals surface area (Å²) in [6, 6.07) is 0. The van der Waals surface area contributed by atoms with Crippen molar-refractivity contribution in [2.45, 2.75) is 39.2 Å². The van der Waals surface area contributed by atoms with Crippen molar-refractivity contribution in [3.8, 4) is 0 Å². The van der Waals surface area contributed by atoms with E-state index in [0.717, 1.165) is 6.42 Å². The van der Waals surface area contributed by atoms with Gasteiger partial charge in [0.1, 0.15) is 0 Å². The number of aliphatic hydroxyl groups is 1. The van der Waals surface area contributed by atoms with Crippen LogP contribution < -0.4 is 0 Å². The molecule has 0 radical (unpaired) electrons. The molecule has 1 unspecified atom stereocenters. The molecule has 1 N–H and O–H groups in total. The molecule has 0 aliphatic heterocycles. The fourth-order valence-corrected chi connectivity index (χ4v) is 0.916. The van der Waals surface area contributed by atoms with Gasteiger partial charge in [0.15, 0.2) is 0 Å². The monoisotopic (exact) mass is 186 g/mol. The largest absolute Gasteiger partial charge is 0.466 e. The highest BCUT2D eigenvalue weighted by atomic mass is 16.5. The lowest BCUT2D eigenvalue weighted by molar-refractivity contribution is -0.145. The minimum atomic E-state index is -0.609. The van der Waals surface area contributed by atoms with E-state index in [9.17, 15) is 9.90 Å². The third-order valence-corrected chi connectivity index (χ3v) is 1.52. The Morgan fingerprint density at radius 3 is 2.69 bits per heavy atom. The molecule has 0 spiro atoms. The fraction of sp³-hybridized carbons (Fsp3) is 0.700. The molecule has 0 heterocycles. The van der Waals surface area contributed by atoms with Crippen LogP contribution in [0.15, 0.2) is 12.2 Å². The lowest BCUT2D eigenvalue weighted by atomic mass is 10.2. The fourth-order valence-electron chi connectivity index (χ4n) is 0.916. The standard InChI is InChI=1S/C10H18O3/c1-3-5-6-7-9(11)8-10(12)13-4-2/h5-6,9,11H,3-4,7-8H2,1-2H3/b6-5+. The highest BCUT2D eigenvalue weighted by Gasteiger charge is 2.09. The Hall–Kier alpha value is -0.830. The molecule has 13 heavy (non-hydrogen) atoms. The molecule has 3 heteroatoms. The maximum Gasteiger partial charge on any atom is 0.308 e. The van der Waals surface area contributed by atoms with E-state index in [0.29, 0.717) is 13.0 Å². The van der Waals surface area contributed by atoms with Gasteiger partial charge in [-0.25, -0.2) is 0 Å². The summed E-state index contributed by atoms with van der Waals surface area (Å²) in [5.74, 6) is -0.333. The summed E-state index contributed by atoms with van der Waals surface area (Å²) in [7, 11) is 0. The van der Waals surface area contributed by atoms with Crippen LogP contribution in [-0.4, -0.2) is 23.8 Å². The van der Waals surface area contributed by atoms with E-state index in [1.165, 1.54) is 0 Å². The zero-order valence-electron chi connectivity index (χ0n) is 8.32. The maximum absolute atomic E-state index is 10.9. The first kappa shape index (κ1) is 12.2. The second-order valence-corrected chi connectivity index (χ2v) is 2.78. The molecule has 0 aliphatic carbocycles. The molecule has 0 aromatic carbocycles. The van der Waals surface area contributed by atoms with Gasteiger partial charge in [0.2, 0.25) is 0 Å². The molecule has 0 saturated heterocycles. The highest BCUT2D eigenvalue weighted by Crippen LogP contribution is 2.01. The molecule has 0 amide bonds. The molecule has 3 nitrogen and oxygen atoms in total. The Morgan fingerprint density at radius 1 is 1.46 bits per heavy atom. The number of rotatable bonds is 6. The van der Waals surface area contributed by atoms with Gasteiger partial charge >= 0.3 is 5.97 Å². The SMILES string of the molecule is CC/C=C/CC(O)CC(=O)OCC. The summed E-state index contributed by atoms with van der Waals surface area (Å²) in [5.41, 5.74) is 0. The van der Waals surface area contributed by atoms with E-state index < -0.39 is 6.10 Å². The zero-order chi connectivity index (χ0) is 10.1. The maximum atomic E-state index is 10.9. The van der Waals surface area contributed by atoms with Gasteiger partial charge in [-0.1, -0.05) is 19.1 Å². The molecule has 1 atom stereocenters. The molecular weight excluding hydrogens is 168 g/mol. The van der Waals surface area contributed by atoms with Crippen molar-refractivity contribution >= 4 is 5.97 Å². The number of carbonyl (C=O) groups excluding carboxylic acids is 1. The number of carbonyl (C=O) groups is 1. The lowest BCUT2D eigenvalue weighted by Crippen LogP contribution is -2.14. The van der Waals surface area contributed by atoms with Crippen molar-refractivity contribution in [2.24, 2.45) is 0 Å². The van der Waals surface area contributed by atoms with Crippen molar-refractivity contribution in [2.75, 3.05) is 6.61 Å². The predicted molar refractivity (Wildman–Crippen MR) is 51.3 cm³/mol. The second-order valence-electron chi connectivity index (χ2n) is 2.78. The van der Waals surface area contributed by atoms with Crippen LogP contribution >= 0.6 is 0 Å². The van der Waals surface area contributed by atoms with Crippen molar-refractivity contribution < 1.29 is 14.6 Å². The van der Waals surface area contributed by atoms with Gasteiger partial charge in [-0.15, -0.1) is 0 Å². The van der Waals surface area contributed by atoms with Crippen LogP contribution in [0.4, 0.5) is 0 Å². The molecule has 76 valence electrons. The molecule has 0 rings (SSSR count). The van der Waals surface area contributed by atoms with Crippen molar-refractivity contribution in [1.29, 1.82) is 0 Å². The van der Waals surface area contributed by atoms with Gasteiger partial charge in [-0.05, 0) is 19.8 Å². The van der Waals surface area contributed by atoms with Gasteiger partial charge < -0.3 is 9.84 Å². The third kappa shape index (κ3) is 7.53. The van der Waals surface area contributed by atoms with E-state index in [1.54, 1.807) is 6.92 Å². The number of esters is 1. The molecule has 0 saturated carbocycles. The van der Waals surface area contributed by atoms with Crippen molar-refractivity contribution in [1.82, 2.24) is 0 Å². The van der Waals surface area contributed by atoms with E-state index in [1.807, 2.05) is 19.1 Å². The number of aliphatic hydroxyl groups excluding tert-OH is 1. The predicted octanol–water partition coefficient (Wildman–Crippen LogP) is 1.66. The molecule has 0 bridgehead atoms. The summed E-state index contributed by atoms with van der Waals surface area (Å²) in [5, 5.41) is 9.32. The Kier molecular flexibility index (Phi) is 7.30.